The molecular weight excluding hydrogens is 267 g/mol. The number of nitrogens with zero attached hydrogens (tertiary/aromatic N) is 1. The lowest BCUT2D eigenvalue weighted by Crippen LogP contribution is -2.29. The van der Waals surface area contributed by atoms with Crippen molar-refractivity contribution in [3.05, 3.63) is 71.8 Å². The number of hydrogen-bond acceptors (Lipinski definition) is 2. The van der Waals surface area contributed by atoms with Gasteiger partial charge in [-0.15, -0.1) is 24.8 Å². The summed E-state index contributed by atoms with van der Waals surface area (Å²) in [6.45, 7) is 1.55. The van der Waals surface area contributed by atoms with Crippen LogP contribution >= 0.6 is 24.8 Å². The fourth-order valence-electron chi connectivity index (χ4n) is 1.69. The standard InChI is InChI=1S/C14H16N2.2ClH/c15-16(11-13-7-3-1-4-8-13)12-14-9-5-2-6-10-14;;/h1-10H,11-12,15H2;2*1H. The molecule has 0 saturated carbocycles. The quantitative estimate of drug-likeness (QED) is 0.689. The second-order valence-corrected chi connectivity index (χ2v) is 3.88. The molecule has 0 bridgehead atoms. The van der Waals surface area contributed by atoms with Gasteiger partial charge in [0.1, 0.15) is 0 Å². The van der Waals surface area contributed by atoms with Gasteiger partial charge in [-0.3, -0.25) is 5.84 Å². The van der Waals surface area contributed by atoms with E-state index in [0.29, 0.717) is 0 Å². The molecule has 2 aromatic carbocycles. The van der Waals surface area contributed by atoms with E-state index in [9.17, 15) is 0 Å². The fraction of sp³-hybridized carbons (Fsp3) is 0.143. The molecule has 0 amide bonds. The first-order valence-electron chi connectivity index (χ1n) is 5.42. The average Bonchev–Trinajstić information content (AvgIpc) is 2.31. The Labute approximate surface area is 121 Å². The Kier molecular flexibility index (Phi) is 8.42. The Morgan fingerprint density at radius 1 is 0.667 bits per heavy atom. The molecular formula is C14H18Cl2N2. The van der Waals surface area contributed by atoms with Gasteiger partial charge in [-0.2, -0.15) is 0 Å². The molecule has 18 heavy (non-hydrogen) atoms. The van der Waals surface area contributed by atoms with Crippen LogP contribution in [0.25, 0.3) is 0 Å². The van der Waals surface area contributed by atoms with Gasteiger partial charge < -0.3 is 0 Å². The second-order valence-electron chi connectivity index (χ2n) is 3.88. The lowest BCUT2D eigenvalue weighted by molar-refractivity contribution is 0.266. The average molecular weight is 285 g/mol. The van der Waals surface area contributed by atoms with Gasteiger partial charge in [-0.05, 0) is 11.1 Å². The second kappa shape index (κ2) is 8.95. The minimum Gasteiger partial charge on any atom is -0.268 e. The van der Waals surface area contributed by atoms with E-state index < -0.39 is 0 Å². The largest absolute Gasteiger partial charge is 0.268 e. The highest BCUT2D eigenvalue weighted by molar-refractivity contribution is 5.85. The molecule has 2 aromatic rings. The van der Waals surface area contributed by atoms with Gasteiger partial charge in [0.05, 0.1) is 0 Å². The van der Waals surface area contributed by atoms with Crippen LogP contribution in [-0.4, -0.2) is 5.01 Å². The number of nitrogens with two attached hydrogens (primary N) is 1. The molecule has 0 heterocycles. The predicted octanol–water partition coefficient (Wildman–Crippen LogP) is 3.41. The van der Waals surface area contributed by atoms with Gasteiger partial charge >= 0.3 is 0 Å². The van der Waals surface area contributed by atoms with Crippen molar-refractivity contribution >= 4 is 24.8 Å². The van der Waals surface area contributed by atoms with E-state index in [2.05, 4.69) is 24.3 Å². The third kappa shape index (κ3) is 5.52. The van der Waals surface area contributed by atoms with Crippen molar-refractivity contribution in [3.63, 3.8) is 0 Å². The van der Waals surface area contributed by atoms with E-state index in [1.54, 1.807) is 0 Å². The summed E-state index contributed by atoms with van der Waals surface area (Å²) in [7, 11) is 0. The number of benzene rings is 2. The van der Waals surface area contributed by atoms with E-state index in [-0.39, 0.29) is 24.8 Å². The van der Waals surface area contributed by atoms with Crippen molar-refractivity contribution in [2.75, 3.05) is 0 Å². The minimum absolute atomic E-state index is 0. The first-order valence-corrected chi connectivity index (χ1v) is 5.42. The van der Waals surface area contributed by atoms with Gasteiger partial charge in [0.25, 0.3) is 0 Å². The zero-order chi connectivity index (χ0) is 11.2. The van der Waals surface area contributed by atoms with Crippen molar-refractivity contribution in [2.45, 2.75) is 13.1 Å². The third-order valence-electron chi connectivity index (χ3n) is 2.46. The monoisotopic (exact) mass is 284 g/mol. The summed E-state index contributed by atoms with van der Waals surface area (Å²) >= 11 is 0. The maximum Gasteiger partial charge on any atom is 0.0383 e. The van der Waals surface area contributed by atoms with Crippen LogP contribution in [0.1, 0.15) is 11.1 Å². The summed E-state index contributed by atoms with van der Waals surface area (Å²) in [5, 5.41) is 1.82. The number of rotatable bonds is 4. The Hall–Kier alpha value is -1.06. The first-order chi connectivity index (χ1) is 7.84. The minimum atomic E-state index is 0. The summed E-state index contributed by atoms with van der Waals surface area (Å²) in [4.78, 5) is 0. The SMILES string of the molecule is Cl.Cl.NN(Cc1ccccc1)Cc1ccccc1. The molecule has 0 radical (unpaired) electrons. The van der Waals surface area contributed by atoms with E-state index in [4.69, 9.17) is 5.84 Å². The summed E-state index contributed by atoms with van der Waals surface area (Å²) in [6.07, 6.45) is 0. The summed E-state index contributed by atoms with van der Waals surface area (Å²) in [5.74, 6) is 5.97. The van der Waals surface area contributed by atoms with Gasteiger partial charge in [-0.1, -0.05) is 60.7 Å². The fourth-order valence-corrected chi connectivity index (χ4v) is 1.69. The smallest absolute Gasteiger partial charge is 0.0383 e. The van der Waals surface area contributed by atoms with Crippen LogP contribution in [0.2, 0.25) is 0 Å². The zero-order valence-corrected chi connectivity index (χ0v) is 11.7. The molecule has 0 fully saturated rings. The predicted molar refractivity (Wildman–Crippen MR) is 80.8 cm³/mol. The highest BCUT2D eigenvalue weighted by Crippen LogP contribution is 2.05. The van der Waals surface area contributed by atoms with Gasteiger partial charge in [0.2, 0.25) is 0 Å². The van der Waals surface area contributed by atoms with Crippen molar-refractivity contribution < 1.29 is 0 Å². The molecule has 0 spiro atoms. The van der Waals surface area contributed by atoms with Crippen LogP contribution in [0.5, 0.6) is 0 Å². The van der Waals surface area contributed by atoms with Crippen molar-refractivity contribution in [2.24, 2.45) is 5.84 Å². The van der Waals surface area contributed by atoms with Crippen molar-refractivity contribution in [1.82, 2.24) is 5.01 Å². The number of hydrogen-bond donors (Lipinski definition) is 1. The van der Waals surface area contributed by atoms with Gasteiger partial charge in [0, 0.05) is 13.1 Å². The Morgan fingerprint density at radius 2 is 1.00 bits per heavy atom. The normalized spacial score (nSPS) is 9.44. The Bertz CT molecular complexity index is 379. The third-order valence-corrected chi connectivity index (χ3v) is 2.46. The highest BCUT2D eigenvalue weighted by atomic mass is 35.5. The molecule has 0 aliphatic carbocycles. The molecule has 0 aliphatic heterocycles. The lowest BCUT2D eigenvalue weighted by atomic mass is 10.2. The molecule has 0 atom stereocenters. The highest BCUT2D eigenvalue weighted by Gasteiger charge is 2.01. The zero-order valence-electron chi connectivity index (χ0n) is 10.0. The van der Waals surface area contributed by atoms with E-state index in [0.717, 1.165) is 13.1 Å². The summed E-state index contributed by atoms with van der Waals surface area (Å²) < 4.78 is 0. The molecule has 2 N–H and O–H groups in total. The van der Waals surface area contributed by atoms with Crippen LogP contribution in [0, 0.1) is 0 Å². The maximum absolute atomic E-state index is 5.97. The topological polar surface area (TPSA) is 29.3 Å². The maximum atomic E-state index is 5.97. The number of halogens is 2. The molecule has 0 aliphatic rings. The van der Waals surface area contributed by atoms with E-state index in [1.807, 2.05) is 41.4 Å². The van der Waals surface area contributed by atoms with Crippen LogP contribution in [0.4, 0.5) is 0 Å². The summed E-state index contributed by atoms with van der Waals surface area (Å²) in [6, 6.07) is 20.5. The molecule has 98 valence electrons. The number of hydrazine groups is 1. The van der Waals surface area contributed by atoms with Gasteiger partial charge in [0.15, 0.2) is 0 Å². The molecule has 2 rings (SSSR count). The molecule has 0 saturated heterocycles. The van der Waals surface area contributed by atoms with E-state index in [1.165, 1.54) is 11.1 Å². The molecule has 2 nitrogen and oxygen atoms in total. The van der Waals surface area contributed by atoms with Crippen LogP contribution in [0.3, 0.4) is 0 Å². The van der Waals surface area contributed by atoms with Crippen molar-refractivity contribution in [3.8, 4) is 0 Å². The Morgan fingerprint density at radius 3 is 1.33 bits per heavy atom. The molecule has 4 heteroatoms. The lowest BCUT2D eigenvalue weighted by Gasteiger charge is -2.16. The molecule has 0 unspecified atom stereocenters. The molecule has 0 aromatic heterocycles. The summed E-state index contributed by atoms with van der Waals surface area (Å²) in [5.41, 5.74) is 2.47. The first kappa shape index (κ1) is 16.9. The van der Waals surface area contributed by atoms with Crippen LogP contribution in [-0.2, 0) is 13.1 Å². The van der Waals surface area contributed by atoms with Crippen LogP contribution in [0.15, 0.2) is 60.7 Å². The van der Waals surface area contributed by atoms with Gasteiger partial charge in [-0.25, -0.2) is 5.01 Å². The van der Waals surface area contributed by atoms with E-state index >= 15 is 0 Å². The Balaban J connectivity index is 0.00000144. The van der Waals surface area contributed by atoms with Crippen molar-refractivity contribution in [1.29, 1.82) is 0 Å². The van der Waals surface area contributed by atoms with Crippen LogP contribution < -0.4 is 5.84 Å².